The van der Waals surface area contributed by atoms with Gasteiger partial charge in [0, 0.05) is 59.0 Å². The van der Waals surface area contributed by atoms with Crippen LogP contribution in [-0.4, -0.2) is 61.6 Å². The van der Waals surface area contributed by atoms with Crippen molar-refractivity contribution in [3.05, 3.63) is 42.0 Å². The highest BCUT2D eigenvalue weighted by Crippen LogP contribution is 2.48. The number of rotatable bonds is 2. The first-order chi connectivity index (χ1) is 12.4. The van der Waals surface area contributed by atoms with Gasteiger partial charge in [-0.2, -0.15) is 5.10 Å². The van der Waals surface area contributed by atoms with Crippen LogP contribution in [0.3, 0.4) is 0 Å². The van der Waals surface area contributed by atoms with E-state index in [0.29, 0.717) is 25.2 Å². The van der Waals surface area contributed by atoms with Crippen LogP contribution in [0.5, 0.6) is 0 Å². The molecule has 138 valence electrons. The van der Waals surface area contributed by atoms with Crippen molar-refractivity contribution in [3.63, 3.8) is 0 Å². The fourth-order valence-corrected chi connectivity index (χ4v) is 4.66. The van der Waals surface area contributed by atoms with Crippen molar-refractivity contribution < 1.29 is 9.59 Å². The molecule has 1 spiro atoms. The molecule has 2 aromatic rings. The van der Waals surface area contributed by atoms with E-state index in [-0.39, 0.29) is 23.3 Å². The van der Waals surface area contributed by atoms with Gasteiger partial charge in [-0.15, -0.1) is 0 Å². The molecular formula is C19H25N5O2. The topological polar surface area (TPSA) is 63.4 Å². The lowest BCUT2D eigenvalue weighted by Gasteiger charge is -2.46. The molecule has 4 rings (SSSR count). The number of carbonyl (C=O) groups is 2. The van der Waals surface area contributed by atoms with Crippen molar-refractivity contribution in [2.24, 2.45) is 14.1 Å². The fourth-order valence-electron chi connectivity index (χ4n) is 4.66. The number of carbonyl (C=O) groups excluding carboxylic acids is 2. The number of likely N-dealkylation sites (N-methyl/N-ethyl adjacent to an activating group) is 1. The molecule has 2 aromatic heterocycles. The maximum absolute atomic E-state index is 12.8. The molecule has 2 fully saturated rings. The summed E-state index contributed by atoms with van der Waals surface area (Å²) in [6.45, 7) is 1.33. The summed E-state index contributed by atoms with van der Waals surface area (Å²) in [5, 5.41) is 4.30. The van der Waals surface area contributed by atoms with E-state index in [1.165, 1.54) is 0 Å². The van der Waals surface area contributed by atoms with Gasteiger partial charge in [0.2, 0.25) is 5.91 Å². The highest BCUT2D eigenvalue weighted by Gasteiger charge is 2.53. The van der Waals surface area contributed by atoms with Crippen LogP contribution in [0.15, 0.2) is 30.7 Å². The molecule has 0 N–H and O–H groups in total. The molecular weight excluding hydrogens is 330 g/mol. The quantitative estimate of drug-likeness (QED) is 0.818. The Balaban J connectivity index is 1.56. The Morgan fingerprint density at radius 2 is 1.96 bits per heavy atom. The Morgan fingerprint density at radius 1 is 1.23 bits per heavy atom. The summed E-state index contributed by atoms with van der Waals surface area (Å²) in [6, 6.07) is 3.75. The van der Waals surface area contributed by atoms with E-state index in [4.69, 9.17) is 0 Å². The number of amides is 2. The van der Waals surface area contributed by atoms with Gasteiger partial charge in [0.1, 0.15) is 5.69 Å². The van der Waals surface area contributed by atoms with E-state index in [1.54, 1.807) is 4.68 Å². The summed E-state index contributed by atoms with van der Waals surface area (Å²) in [5.74, 6) is 0.388. The SMILES string of the molecule is CN1C(=O)C[C@H](c2cnn(C)c2)C12CCN(C(=O)c1cccn1C)CC2. The molecule has 2 saturated heterocycles. The van der Waals surface area contributed by atoms with E-state index in [0.717, 1.165) is 18.4 Å². The van der Waals surface area contributed by atoms with Crippen LogP contribution in [0, 0.1) is 0 Å². The molecule has 2 aliphatic heterocycles. The minimum Gasteiger partial charge on any atom is -0.347 e. The van der Waals surface area contributed by atoms with Gasteiger partial charge < -0.3 is 14.4 Å². The highest BCUT2D eigenvalue weighted by atomic mass is 16.2. The average molecular weight is 355 g/mol. The molecule has 0 bridgehead atoms. The van der Waals surface area contributed by atoms with Crippen LogP contribution < -0.4 is 0 Å². The lowest BCUT2D eigenvalue weighted by atomic mass is 9.74. The average Bonchev–Trinajstić information content (AvgIpc) is 3.31. The van der Waals surface area contributed by atoms with Crippen molar-refractivity contribution >= 4 is 11.8 Å². The van der Waals surface area contributed by atoms with Gasteiger partial charge in [0.05, 0.1) is 11.7 Å². The van der Waals surface area contributed by atoms with Crippen molar-refractivity contribution in [2.45, 2.75) is 30.7 Å². The van der Waals surface area contributed by atoms with Crippen molar-refractivity contribution in [3.8, 4) is 0 Å². The monoisotopic (exact) mass is 355 g/mol. The molecule has 26 heavy (non-hydrogen) atoms. The summed E-state index contributed by atoms with van der Waals surface area (Å²) in [4.78, 5) is 29.1. The van der Waals surface area contributed by atoms with Crippen LogP contribution in [0.25, 0.3) is 0 Å². The van der Waals surface area contributed by atoms with Crippen molar-refractivity contribution in [1.82, 2.24) is 24.1 Å². The Labute approximate surface area is 153 Å². The minimum atomic E-state index is -0.217. The summed E-state index contributed by atoms with van der Waals surface area (Å²) in [7, 11) is 5.70. The molecule has 0 unspecified atom stereocenters. The number of hydrogen-bond acceptors (Lipinski definition) is 3. The van der Waals surface area contributed by atoms with E-state index < -0.39 is 0 Å². The zero-order valence-corrected chi connectivity index (χ0v) is 15.6. The van der Waals surface area contributed by atoms with Gasteiger partial charge in [0.15, 0.2) is 0 Å². The molecule has 2 amide bonds. The molecule has 2 aliphatic rings. The first-order valence-corrected chi connectivity index (χ1v) is 9.08. The van der Waals surface area contributed by atoms with Gasteiger partial charge >= 0.3 is 0 Å². The lowest BCUT2D eigenvalue weighted by molar-refractivity contribution is -0.130. The summed E-state index contributed by atoms with van der Waals surface area (Å²) < 4.78 is 3.65. The molecule has 0 saturated carbocycles. The zero-order valence-electron chi connectivity index (χ0n) is 15.6. The van der Waals surface area contributed by atoms with Gasteiger partial charge in [-0.1, -0.05) is 0 Å². The maximum atomic E-state index is 12.8. The number of aromatic nitrogens is 3. The molecule has 0 aromatic carbocycles. The number of nitrogens with zero attached hydrogens (tertiary/aromatic N) is 5. The largest absolute Gasteiger partial charge is 0.347 e. The van der Waals surface area contributed by atoms with Crippen LogP contribution in [0.4, 0.5) is 0 Å². The molecule has 7 nitrogen and oxygen atoms in total. The first-order valence-electron chi connectivity index (χ1n) is 9.08. The van der Waals surface area contributed by atoms with Gasteiger partial charge in [-0.3, -0.25) is 14.3 Å². The third-order valence-corrected chi connectivity index (χ3v) is 6.28. The fraction of sp³-hybridized carbons (Fsp3) is 0.526. The third kappa shape index (κ3) is 2.45. The smallest absolute Gasteiger partial charge is 0.270 e. The van der Waals surface area contributed by atoms with Crippen LogP contribution >= 0.6 is 0 Å². The molecule has 1 atom stereocenters. The highest BCUT2D eigenvalue weighted by molar-refractivity contribution is 5.93. The maximum Gasteiger partial charge on any atom is 0.270 e. The number of likely N-dealkylation sites (tertiary alicyclic amines) is 2. The third-order valence-electron chi connectivity index (χ3n) is 6.28. The van der Waals surface area contributed by atoms with Crippen LogP contribution in [-0.2, 0) is 18.9 Å². The zero-order chi connectivity index (χ0) is 18.5. The Hall–Kier alpha value is -2.57. The molecule has 0 aliphatic carbocycles. The second-order valence-electron chi connectivity index (χ2n) is 7.56. The molecule has 0 radical (unpaired) electrons. The molecule has 7 heteroatoms. The summed E-state index contributed by atoms with van der Waals surface area (Å²) in [5.41, 5.74) is 1.61. The van der Waals surface area contributed by atoms with Gasteiger partial charge in [-0.05, 0) is 30.5 Å². The normalized spacial score (nSPS) is 22.4. The van der Waals surface area contributed by atoms with Crippen molar-refractivity contribution in [2.75, 3.05) is 20.1 Å². The van der Waals surface area contributed by atoms with Crippen LogP contribution in [0.2, 0.25) is 0 Å². The second kappa shape index (κ2) is 6.00. The van der Waals surface area contributed by atoms with E-state index in [1.807, 2.05) is 66.2 Å². The summed E-state index contributed by atoms with van der Waals surface area (Å²) in [6.07, 6.45) is 7.89. The lowest BCUT2D eigenvalue weighted by Crippen LogP contribution is -2.55. The van der Waals surface area contributed by atoms with Gasteiger partial charge in [-0.25, -0.2) is 0 Å². The Morgan fingerprint density at radius 3 is 2.54 bits per heavy atom. The first kappa shape index (κ1) is 16.9. The van der Waals surface area contributed by atoms with Crippen LogP contribution in [0.1, 0.15) is 41.2 Å². The van der Waals surface area contributed by atoms with E-state index in [2.05, 4.69) is 5.10 Å². The number of hydrogen-bond donors (Lipinski definition) is 0. The standard InChI is InChI=1S/C19H25N5O2/c1-21-8-4-5-16(21)18(26)24-9-6-19(7-10-24)15(11-17(25)23(19)3)14-12-20-22(2)13-14/h4-5,8,12-13,15H,6-7,9-11H2,1-3H3/t15-/m1/s1. The minimum absolute atomic E-state index is 0.0669. The van der Waals surface area contributed by atoms with Gasteiger partial charge in [0.25, 0.3) is 5.91 Å². The predicted octanol–water partition coefficient (Wildman–Crippen LogP) is 1.38. The Kier molecular flexibility index (Phi) is 3.89. The van der Waals surface area contributed by atoms with E-state index >= 15 is 0 Å². The molecule has 4 heterocycles. The summed E-state index contributed by atoms with van der Waals surface area (Å²) >= 11 is 0. The number of piperidine rings is 1. The number of aryl methyl sites for hydroxylation is 2. The predicted molar refractivity (Wildman–Crippen MR) is 96.6 cm³/mol. The second-order valence-corrected chi connectivity index (χ2v) is 7.56. The van der Waals surface area contributed by atoms with Crippen molar-refractivity contribution in [1.29, 1.82) is 0 Å². The van der Waals surface area contributed by atoms with E-state index in [9.17, 15) is 9.59 Å². The Bertz CT molecular complexity index is 844.